The number of para-hydroxylation sites is 1. The Kier molecular flexibility index (Phi) is 4.96. The average molecular weight is 298 g/mol. The molecule has 2 aromatic rings. The smallest absolute Gasteiger partial charge is 0.195 e. The molecule has 0 aliphatic carbocycles. The summed E-state index contributed by atoms with van der Waals surface area (Å²) in [5, 5.41) is 3.28. The summed E-state index contributed by atoms with van der Waals surface area (Å²) in [5.41, 5.74) is 2.58. The van der Waals surface area contributed by atoms with Crippen molar-refractivity contribution in [2.45, 2.75) is 25.7 Å². The Labute approximate surface area is 133 Å². The van der Waals surface area contributed by atoms with Crippen molar-refractivity contribution in [1.82, 2.24) is 0 Å². The molecule has 0 unspecified atom stereocenters. The van der Waals surface area contributed by atoms with Gasteiger partial charge in [-0.1, -0.05) is 38.1 Å². The van der Waals surface area contributed by atoms with Crippen LogP contribution in [0, 0.1) is 0 Å². The van der Waals surface area contributed by atoms with Gasteiger partial charge in [-0.15, -0.1) is 0 Å². The van der Waals surface area contributed by atoms with Gasteiger partial charge in [0.2, 0.25) is 0 Å². The zero-order valence-electron chi connectivity index (χ0n) is 14.2. The van der Waals surface area contributed by atoms with Gasteiger partial charge in [0, 0.05) is 32.9 Å². The van der Waals surface area contributed by atoms with Crippen LogP contribution >= 0.6 is 0 Å². The summed E-state index contributed by atoms with van der Waals surface area (Å²) in [7, 11) is 5.92. The average Bonchev–Trinajstić information content (AvgIpc) is 2.96. The molecule has 0 radical (unpaired) electrons. The standard InChI is InChI=1S/C19H26N2O/c1-19(2,16-10-6-7-11-17(16)20-3)14-8-9-15-12-13-18(22-15)21(4)5/h6-13,20H,14H2,1-5H3/b9-8+. The van der Waals surface area contributed by atoms with E-state index < -0.39 is 0 Å². The van der Waals surface area contributed by atoms with Crippen molar-refractivity contribution < 1.29 is 4.42 Å². The van der Waals surface area contributed by atoms with Crippen molar-refractivity contribution in [2.75, 3.05) is 31.4 Å². The van der Waals surface area contributed by atoms with Crippen LogP contribution in [0.3, 0.4) is 0 Å². The van der Waals surface area contributed by atoms with Crippen LogP contribution in [0.4, 0.5) is 11.6 Å². The van der Waals surface area contributed by atoms with E-state index in [-0.39, 0.29) is 5.41 Å². The Hall–Kier alpha value is -2.16. The molecule has 0 amide bonds. The lowest BCUT2D eigenvalue weighted by Crippen LogP contribution is -2.17. The maximum atomic E-state index is 5.74. The van der Waals surface area contributed by atoms with Gasteiger partial charge in [-0.25, -0.2) is 0 Å². The molecule has 0 saturated heterocycles. The molecule has 118 valence electrons. The Morgan fingerprint density at radius 1 is 1.14 bits per heavy atom. The van der Waals surface area contributed by atoms with Gasteiger partial charge in [0.1, 0.15) is 5.76 Å². The van der Waals surface area contributed by atoms with Gasteiger partial charge in [0.05, 0.1) is 0 Å². The summed E-state index contributed by atoms with van der Waals surface area (Å²) in [6, 6.07) is 12.5. The summed E-state index contributed by atoms with van der Waals surface area (Å²) >= 11 is 0. The summed E-state index contributed by atoms with van der Waals surface area (Å²) in [4.78, 5) is 1.96. The predicted octanol–water partition coefficient (Wildman–Crippen LogP) is 4.77. The van der Waals surface area contributed by atoms with Gasteiger partial charge in [-0.3, -0.25) is 0 Å². The van der Waals surface area contributed by atoms with Crippen LogP contribution in [0.1, 0.15) is 31.6 Å². The maximum Gasteiger partial charge on any atom is 0.195 e. The Bertz CT molecular complexity index is 638. The van der Waals surface area contributed by atoms with Crippen molar-refractivity contribution in [1.29, 1.82) is 0 Å². The highest BCUT2D eigenvalue weighted by Gasteiger charge is 2.21. The molecule has 0 aliphatic heterocycles. The van der Waals surface area contributed by atoms with Crippen LogP contribution in [0.2, 0.25) is 0 Å². The van der Waals surface area contributed by atoms with Crippen molar-refractivity contribution >= 4 is 17.6 Å². The van der Waals surface area contributed by atoms with Crippen LogP contribution in [0.15, 0.2) is 46.9 Å². The minimum absolute atomic E-state index is 0.0626. The molecule has 1 aromatic carbocycles. The van der Waals surface area contributed by atoms with E-state index in [4.69, 9.17) is 4.42 Å². The van der Waals surface area contributed by atoms with Gasteiger partial charge in [0.25, 0.3) is 0 Å². The normalized spacial score (nSPS) is 11.9. The molecule has 0 bridgehead atoms. The van der Waals surface area contributed by atoms with E-state index in [1.54, 1.807) is 0 Å². The first-order valence-electron chi connectivity index (χ1n) is 7.65. The van der Waals surface area contributed by atoms with Crippen molar-refractivity contribution in [3.05, 3.63) is 53.8 Å². The van der Waals surface area contributed by atoms with Crippen LogP contribution < -0.4 is 10.2 Å². The second-order valence-corrected chi connectivity index (χ2v) is 6.36. The maximum absolute atomic E-state index is 5.74. The molecule has 1 N–H and O–H groups in total. The fourth-order valence-corrected chi connectivity index (χ4v) is 2.54. The largest absolute Gasteiger partial charge is 0.441 e. The van der Waals surface area contributed by atoms with Crippen LogP contribution in [-0.4, -0.2) is 21.1 Å². The highest BCUT2D eigenvalue weighted by Crippen LogP contribution is 2.33. The topological polar surface area (TPSA) is 28.4 Å². The second-order valence-electron chi connectivity index (χ2n) is 6.36. The monoisotopic (exact) mass is 298 g/mol. The molecule has 0 atom stereocenters. The summed E-state index contributed by atoms with van der Waals surface area (Å²) < 4.78 is 5.74. The molecule has 0 aliphatic rings. The molecular weight excluding hydrogens is 272 g/mol. The fraction of sp³-hybridized carbons (Fsp3) is 0.368. The highest BCUT2D eigenvalue weighted by molar-refractivity contribution is 5.54. The van der Waals surface area contributed by atoms with E-state index in [1.807, 2.05) is 38.2 Å². The summed E-state index contributed by atoms with van der Waals surface area (Å²) in [5.74, 6) is 1.76. The molecule has 1 aromatic heterocycles. The van der Waals surface area contributed by atoms with Crippen LogP contribution in [0.25, 0.3) is 6.08 Å². The van der Waals surface area contributed by atoms with Crippen molar-refractivity contribution in [3.8, 4) is 0 Å². The highest BCUT2D eigenvalue weighted by atomic mass is 16.4. The van der Waals surface area contributed by atoms with Gasteiger partial charge in [0.15, 0.2) is 5.88 Å². The van der Waals surface area contributed by atoms with Crippen LogP contribution in [-0.2, 0) is 5.41 Å². The molecule has 2 rings (SSSR count). The third kappa shape index (κ3) is 3.73. The molecular formula is C19H26N2O. The lowest BCUT2D eigenvalue weighted by Gasteiger charge is -2.26. The van der Waals surface area contributed by atoms with Gasteiger partial charge in [-0.05, 0) is 35.6 Å². The number of hydrogen-bond acceptors (Lipinski definition) is 3. The number of nitrogens with one attached hydrogen (secondary N) is 1. The molecule has 22 heavy (non-hydrogen) atoms. The lowest BCUT2D eigenvalue weighted by atomic mass is 9.80. The Morgan fingerprint density at radius 2 is 1.86 bits per heavy atom. The minimum atomic E-state index is 0.0626. The zero-order valence-corrected chi connectivity index (χ0v) is 14.2. The number of benzene rings is 1. The second kappa shape index (κ2) is 6.73. The van der Waals surface area contributed by atoms with Gasteiger partial charge < -0.3 is 14.6 Å². The van der Waals surface area contributed by atoms with Crippen molar-refractivity contribution in [2.24, 2.45) is 0 Å². The number of furan rings is 1. The van der Waals surface area contributed by atoms with E-state index in [2.05, 4.69) is 55.6 Å². The Balaban J connectivity index is 2.09. The Morgan fingerprint density at radius 3 is 2.50 bits per heavy atom. The number of rotatable bonds is 6. The number of hydrogen-bond donors (Lipinski definition) is 1. The first-order valence-corrected chi connectivity index (χ1v) is 7.65. The van der Waals surface area contributed by atoms with Crippen molar-refractivity contribution in [3.63, 3.8) is 0 Å². The molecule has 0 fully saturated rings. The van der Waals surface area contributed by atoms with Gasteiger partial charge >= 0.3 is 0 Å². The number of anilines is 2. The van der Waals surface area contributed by atoms with Crippen LogP contribution in [0.5, 0.6) is 0 Å². The quantitative estimate of drug-likeness (QED) is 0.833. The SMILES string of the molecule is CNc1ccccc1C(C)(C)C/C=C/c1ccc(N(C)C)o1. The number of allylic oxidation sites excluding steroid dienone is 1. The zero-order chi connectivity index (χ0) is 16.2. The summed E-state index contributed by atoms with van der Waals surface area (Å²) in [6.07, 6.45) is 5.19. The first kappa shape index (κ1) is 16.2. The molecule has 3 nitrogen and oxygen atoms in total. The van der Waals surface area contributed by atoms with Gasteiger partial charge in [-0.2, -0.15) is 0 Å². The van der Waals surface area contributed by atoms with E-state index >= 15 is 0 Å². The third-order valence-corrected chi connectivity index (χ3v) is 3.89. The predicted molar refractivity (Wildman–Crippen MR) is 95.7 cm³/mol. The molecule has 0 spiro atoms. The number of nitrogens with zero attached hydrogens (tertiary/aromatic N) is 1. The fourth-order valence-electron chi connectivity index (χ4n) is 2.54. The molecule has 3 heteroatoms. The summed E-state index contributed by atoms with van der Waals surface area (Å²) in [6.45, 7) is 4.53. The van der Waals surface area contributed by atoms with E-state index in [0.29, 0.717) is 0 Å². The lowest BCUT2D eigenvalue weighted by molar-refractivity contribution is 0.534. The molecule has 1 heterocycles. The van der Waals surface area contributed by atoms with E-state index in [9.17, 15) is 0 Å². The van der Waals surface area contributed by atoms with E-state index in [1.165, 1.54) is 11.3 Å². The first-order chi connectivity index (χ1) is 10.4. The van der Waals surface area contributed by atoms with E-state index in [0.717, 1.165) is 18.1 Å². The minimum Gasteiger partial charge on any atom is -0.441 e. The molecule has 0 saturated carbocycles. The third-order valence-electron chi connectivity index (χ3n) is 3.89.